The Balaban J connectivity index is 1.20. The fourth-order valence-electron chi connectivity index (χ4n) is 8.15. The normalized spacial score (nSPS) is 23.0. The molecule has 0 aromatic heterocycles. The fraction of sp³-hybridized carbons (Fsp3) is 0.368. The van der Waals surface area contributed by atoms with Gasteiger partial charge in [-0.1, -0.05) is 55.5 Å². The lowest BCUT2D eigenvalue weighted by Crippen LogP contribution is -2.42. The van der Waals surface area contributed by atoms with E-state index in [9.17, 15) is 19.2 Å². The van der Waals surface area contributed by atoms with Gasteiger partial charge in [0, 0.05) is 84.8 Å². The first kappa shape index (κ1) is 32.4. The number of amides is 2. The summed E-state index contributed by atoms with van der Waals surface area (Å²) < 4.78 is 11.2. The molecular formula is C38H36Cl2N2O6. The Morgan fingerprint density at radius 2 is 1.21 bits per heavy atom. The van der Waals surface area contributed by atoms with Crippen LogP contribution in [0.3, 0.4) is 0 Å². The van der Waals surface area contributed by atoms with Gasteiger partial charge >= 0.3 is 11.9 Å². The van der Waals surface area contributed by atoms with Gasteiger partial charge in [0.1, 0.15) is 11.5 Å². The molecule has 7 rings (SSSR count). The van der Waals surface area contributed by atoms with E-state index in [4.69, 9.17) is 32.7 Å². The van der Waals surface area contributed by atoms with Crippen LogP contribution in [0.25, 0.3) is 21.5 Å². The Labute approximate surface area is 288 Å². The minimum Gasteiger partial charge on any atom is -0.426 e. The third kappa shape index (κ3) is 5.30. The lowest BCUT2D eigenvalue weighted by molar-refractivity contribution is -0.132. The Bertz CT molecular complexity index is 2010. The number of halogens is 2. The number of esters is 2. The second-order valence-electron chi connectivity index (χ2n) is 13.5. The topological polar surface area (TPSA) is 93.2 Å². The number of benzene rings is 4. The van der Waals surface area contributed by atoms with Crippen LogP contribution in [0.4, 0.5) is 11.4 Å². The van der Waals surface area contributed by atoms with Crippen molar-refractivity contribution >= 4 is 79.9 Å². The van der Waals surface area contributed by atoms with Crippen LogP contribution >= 0.6 is 23.2 Å². The number of hydrogen-bond acceptors (Lipinski definition) is 6. The maximum Gasteiger partial charge on any atom is 0.308 e. The smallest absolute Gasteiger partial charge is 0.308 e. The third-order valence-electron chi connectivity index (χ3n) is 10.3. The number of rotatable bonds is 6. The van der Waals surface area contributed by atoms with Crippen molar-refractivity contribution < 1.29 is 28.7 Å². The number of ether oxygens (including phenoxy) is 2. The van der Waals surface area contributed by atoms with Gasteiger partial charge in [-0.05, 0) is 41.2 Å². The zero-order valence-electron chi connectivity index (χ0n) is 27.1. The van der Waals surface area contributed by atoms with Crippen molar-refractivity contribution in [3.8, 4) is 11.5 Å². The second-order valence-corrected chi connectivity index (χ2v) is 14.1. The van der Waals surface area contributed by atoms with E-state index in [0.29, 0.717) is 67.0 Å². The predicted octanol–water partition coefficient (Wildman–Crippen LogP) is 7.69. The highest BCUT2D eigenvalue weighted by Gasteiger charge is 2.50. The lowest BCUT2D eigenvalue weighted by Gasteiger charge is -2.30. The molecule has 1 aliphatic carbocycles. The number of carbonyl (C=O) groups is 4. The number of alkyl halides is 2. The summed E-state index contributed by atoms with van der Waals surface area (Å²) in [5.41, 5.74) is 2.53. The summed E-state index contributed by atoms with van der Waals surface area (Å²) in [7, 11) is 0. The quantitative estimate of drug-likeness (QED) is 0.117. The molecule has 0 unspecified atom stereocenters. The van der Waals surface area contributed by atoms with E-state index in [1.165, 1.54) is 13.8 Å². The average molecular weight is 688 g/mol. The molecule has 0 saturated heterocycles. The molecule has 4 aromatic carbocycles. The Morgan fingerprint density at radius 3 is 1.69 bits per heavy atom. The summed E-state index contributed by atoms with van der Waals surface area (Å²) in [6.07, 6.45) is 1.48. The molecule has 4 aromatic rings. The zero-order chi connectivity index (χ0) is 33.9. The minimum absolute atomic E-state index is 0.0620. The monoisotopic (exact) mass is 686 g/mol. The molecule has 0 radical (unpaired) electrons. The fourth-order valence-corrected chi connectivity index (χ4v) is 8.65. The predicted molar refractivity (Wildman–Crippen MR) is 188 cm³/mol. The Morgan fingerprint density at radius 1 is 0.750 bits per heavy atom. The van der Waals surface area contributed by atoms with Gasteiger partial charge in [0.05, 0.1) is 11.4 Å². The summed E-state index contributed by atoms with van der Waals surface area (Å²) >= 11 is 13.0. The van der Waals surface area contributed by atoms with Crippen molar-refractivity contribution in [1.82, 2.24) is 0 Å². The highest BCUT2D eigenvalue weighted by Crippen LogP contribution is 2.52. The first-order chi connectivity index (χ1) is 23.0. The van der Waals surface area contributed by atoms with Crippen molar-refractivity contribution in [2.45, 2.75) is 51.9 Å². The molecule has 248 valence electrons. The summed E-state index contributed by atoms with van der Waals surface area (Å²) in [5.74, 6) is -0.138. The van der Waals surface area contributed by atoms with Gasteiger partial charge in [-0.15, -0.1) is 23.2 Å². The van der Waals surface area contributed by atoms with Gasteiger partial charge in [0.2, 0.25) is 11.8 Å². The molecule has 3 aliphatic rings. The van der Waals surface area contributed by atoms with Crippen molar-refractivity contribution in [2.75, 3.05) is 34.6 Å². The van der Waals surface area contributed by atoms with Crippen molar-refractivity contribution in [3.05, 3.63) is 71.8 Å². The number of anilines is 2. The van der Waals surface area contributed by atoms with Crippen LogP contribution in [0, 0.1) is 11.3 Å². The van der Waals surface area contributed by atoms with Crippen molar-refractivity contribution in [3.63, 3.8) is 0 Å². The van der Waals surface area contributed by atoms with Crippen LogP contribution in [0.15, 0.2) is 60.7 Å². The molecule has 4 atom stereocenters. The van der Waals surface area contributed by atoms with E-state index < -0.39 is 17.4 Å². The summed E-state index contributed by atoms with van der Waals surface area (Å²) in [6, 6.07) is 18.9. The average Bonchev–Trinajstić information content (AvgIpc) is 3.77. The highest BCUT2D eigenvalue weighted by atomic mass is 35.5. The van der Waals surface area contributed by atoms with Gasteiger partial charge in [-0.3, -0.25) is 19.2 Å². The number of fused-ring (bicyclic) bond motifs is 6. The second kappa shape index (κ2) is 12.4. The molecule has 48 heavy (non-hydrogen) atoms. The molecule has 0 bridgehead atoms. The molecule has 8 nitrogen and oxygen atoms in total. The first-order valence-corrected chi connectivity index (χ1v) is 17.3. The molecule has 1 fully saturated rings. The largest absolute Gasteiger partial charge is 0.426 e. The van der Waals surface area contributed by atoms with E-state index in [1.54, 1.807) is 21.9 Å². The van der Waals surface area contributed by atoms with E-state index in [2.05, 4.69) is 0 Å². The SMILES string of the molecule is CC(=O)Oc1cc2c(c3ccccc13)[C@H](CCl)CN2C(=O)[C@H]1CC[C@@](C)(C(=O)N2C[C@@H](CCl)c3c2cc(OC(C)=O)c2ccccc32)C1. The highest BCUT2D eigenvalue weighted by molar-refractivity contribution is 6.19. The number of hydrogen-bond donors (Lipinski definition) is 0. The Hall–Kier alpha value is -4.14. The molecule has 1 saturated carbocycles. The molecule has 2 aliphatic heterocycles. The molecule has 2 amide bonds. The molecule has 2 heterocycles. The standard InChI is InChI=1S/C38H36Cl2N2O6/c1-21(43)47-32-14-30-34(28-10-6-4-8-26(28)32)24(17-39)19-41(30)36(45)23-12-13-38(3,16-23)37(46)42-20-25(18-40)35-29-11-7-5-9-27(29)33(15-31(35)42)48-22(2)44/h4-11,14-15,23-25H,12-13,16-20H2,1-3H3/t23-,24+,25+,38+/m0/s1. The van der Waals surface area contributed by atoms with E-state index in [1.807, 2.05) is 55.5 Å². The van der Waals surface area contributed by atoms with Crippen LogP contribution in [-0.2, 0) is 19.2 Å². The van der Waals surface area contributed by atoms with Crippen LogP contribution in [0.5, 0.6) is 11.5 Å². The maximum absolute atomic E-state index is 14.5. The van der Waals surface area contributed by atoms with Gasteiger partial charge in [0.25, 0.3) is 0 Å². The summed E-state index contributed by atoms with van der Waals surface area (Å²) in [6.45, 7) is 5.47. The van der Waals surface area contributed by atoms with Gasteiger partial charge in [-0.25, -0.2) is 0 Å². The van der Waals surface area contributed by atoms with E-state index >= 15 is 0 Å². The lowest BCUT2D eigenvalue weighted by atomic mass is 9.85. The Kier molecular flexibility index (Phi) is 8.36. The van der Waals surface area contributed by atoms with E-state index in [-0.39, 0.29) is 29.6 Å². The van der Waals surface area contributed by atoms with Crippen molar-refractivity contribution in [2.24, 2.45) is 11.3 Å². The van der Waals surface area contributed by atoms with Crippen molar-refractivity contribution in [1.29, 1.82) is 0 Å². The minimum atomic E-state index is -0.799. The van der Waals surface area contributed by atoms with Gasteiger partial charge in [0.15, 0.2) is 0 Å². The zero-order valence-corrected chi connectivity index (χ0v) is 28.6. The van der Waals surface area contributed by atoms with Gasteiger partial charge < -0.3 is 19.3 Å². The van der Waals surface area contributed by atoms with E-state index in [0.717, 1.165) is 32.7 Å². The molecule has 0 N–H and O–H groups in total. The van der Waals surface area contributed by atoms with Gasteiger partial charge in [-0.2, -0.15) is 0 Å². The summed E-state index contributed by atoms with van der Waals surface area (Å²) in [5, 5.41) is 3.39. The summed E-state index contributed by atoms with van der Waals surface area (Å²) in [4.78, 5) is 56.5. The number of carbonyl (C=O) groups excluding carboxylic acids is 4. The van der Waals surface area contributed by atoms with Crippen LogP contribution in [-0.4, -0.2) is 48.6 Å². The molecule has 0 spiro atoms. The molecule has 10 heteroatoms. The van der Waals surface area contributed by atoms with Crippen LogP contribution < -0.4 is 19.3 Å². The third-order valence-corrected chi connectivity index (χ3v) is 11.0. The first-order valence-electron chi connectivity index (χ1n) is 16.3. The molecular weight excluding hydrogens is 651 g/mol. The number of nitrogens with zero attached hydrogens (tertiary/aromatic N) is 2. The van der Waals surface area contributed by atoms with Crippen LogP contribution in [0.2, 0.25) is 0 Å². The van der Waals surface area contributed by atoms with Crippen LogP contribution in [0.1, 0.15) is 63.0 Å². The maximum atomic E-state index is 14.5.